The van der Waals surface area contributed by atoms with Crippen LogP contribution in [-0.2, 0) is 23.5 Å². The Kier molecular flexibility index (Phi) is 4.86. The third-order valence-corrected chi connectivity index (χ3v) is 4.34. The molecule has 0 bridgehead atoms. The third-order valence-electron chi connectivity index (χ3n) is 2.85. The molecule has 21 heavy (non-hydrogen) atoms. The van der Waals surface area contributed by atoms with Gasteiger partial charge >= 0.3 is 0 Å². The summed E-state index contributed by atoms with van der Waals surface area (Å²) in [7, 11) is -1.80. The van der Waals surface area contributed by atoms with E-state index >= 15 is 0 Å². The average Bonchev–Trinajstić information content (AvgIpc) is 2.85. The van der Waals surface area contributed by atoms with E-state index in [4.69, 9.17) is 0 Å². The maximum Gasteiger partial charge on any atom is 0.244 e. The van der Waals surface area contributed by atoms with Crippen molar-refractivity contribution in [2.75, 3.05) is 18.4 Å². The van der Waals surface area contributed by atoms with Crippen LogP contribution in [0.4, 0.5) is 5.82 Å². The van der Waals surface area contributed by atoms with Crippen molar-refractivity contribution < 1.29 is 8.42 Å². The Morgan fingerprint density at radius 2 is 2.19 bits per heavy atom. The quantitative estimate of drug-likeness (QED) is 0.755. The van der Waals surface area contributed by atoms with Crippen LogP contribution in [0, 0.1) is 0 Å². The number of rotatable bonds is 7. The van der Waals surface area contributed by atoms with Gasteiger partial charge in [0, 0.05) is 32.8 Å². The molecule has 9 heteroatoms. The summed E-state index contributed by atoms with van der Waals surface area (Å²) in [6.07, 6.45) is 3.59. The highest BCUT2D eigenvalue weighted by atomic mass is 32.2. The highest BCUT2D eigenvalue weighted by Gasteiger charge is 2.18. The maximum absolute atomic E-state index is 12.3. The Labute approximate surface area is 123 Å². The van der Waals surface area contributed by atoms with Gasteiger partial charge in [-0.3, -0.25) is 0 Å². The van der Waals surface area contributed by atoms with Gasteiger partial charge in [0.25, 0.3) is 0 Å². The van der Waals surface area contributed by atoms with Gasteiger partial charge < -0.3 is 9.88 Å². The summed E-state index contributed by atoms with van der Waals surface area (Å²) < 4.78 is 28.9. The van der Waals surface area contributed by atoms with E-state index < -0.39 is 10.0 Å². The van der Waals surface area contributed by atoms with Crippen molar-refractivity contribution in [1.82, 2.24) is 24.5 Å². The van der Waals surface area contributed by atoms with E-state index in [1.807, 2.05) is 14.0 Å². The number of nitrogens with zero attached hydrogens (tertiary/aromatic N) is 4. The van der Waals surface area contributed by atoms with Gasteiger partial charge in [-0.1, -0.05) is 0 Å². The lowest BCUT2D eigenvalue weighted by Crippen LogP contribution is -2.27. The summed E-state index contributed by atoms with van der Waals surface area (Å²) in [5, 5.41) is 10.6. The van der Waals surface area contributed by atoms with Crippen molar-refractivity contribution in [2.24, 2.45) is 7.05 Å². The van der Waals surface area contributed by atoms with Crippen molar-refractivity contribution in [2.45, 2.75) is 18.2 Å². The summed E-state index contributed by atoms with van der Waals surface area (Å²) >= 11 is 0. The lowest BCUT2D eigenvalue weighted by Gasteiger charge is -2.11. The fourth-order valence-electron chi connectivity index (χ4n) is 1.82. The first kappa shape index (κ1) is 15.4. The summed E-state index contributed by atoms with van der Waals surface area (Å²) in [5.74, 6) is 1.07. The minimum absolute atomic E-state index is 0.143. The summed E-state index contributed by atoms with van der Waals surface area (Å²) in [6.45, 7) is 2.72. The van der Waals surface area contributed by atoms with Gasteiger partial charge in [0.05, 0.1) is 0 Å². The number of sulfonamides is 1. The number of nitrogens with one attached hydrogen (secondary N) is 2. The number of aromatic nitrogens is 4. The van der Waals surface area contributed by atoms with Gasteiger partial charge in [-0.15, -0.1) is 10.2 Å². The summed E-state index contributed by atoms with van der Waals surface area (Å²) in [5.41, 5.74) is 0. The lowest BCUT2D eigenvalue weighted by molar-refractivity contribution is 0.580. The maximum atomic E-state index is 12.3. The number of hydrogen-bond donors (Lipinski definition) is 2. The second-order valence-electron chi connectivity index (χ2n) is 4.39. The second-order valence-corrected chi connectivity index (χ2v) is 6.12. The van der Waals surface area contributed by atoms with Gasteiger partial charge in [-0.25, -0.2) is 18.1 Å². The summed E-state index contributed by atoms with van der Waals surface area (Å²) in [4.78, 5) is 4.19. The highest BCUT2D eigenvalue weighted by molar-refractivity contribution is 7.89. The van der Waals surface area contributed by atoms with Crippen LogP contribution in [0.2, 0.25) is 0 Å². The van der Waals surface area contributed by atoms with Crippen LogP contribution in [-0.4, -0.2) is 41.3 Å². The van der Waals surface area contributed by atoms with E-state index in [1.165, 1.54) is 6.07 Å². The minimum atomic E-state index is -3.61. The zero-order chi connectivity index (χ0) is 15.3. The Morgan fingerprint density at radius 3 is 2.86 bits per heavy atom. The molecule has 0 spiro atoms. The topological polar surface area (TPSA) is 102 Å². The van der Waals surface area contributed by atoms with Gasteiger partial charge in [0.2, 0.25) is 10.0 Å². The monoisotopic (exact) mass is 310 g/mol. The van der Waals surface area contributed by atoms with Crippen LogP contribution in [0.3, 0.4) is 0 Å². The molecule has 0 aliphatic carbocycles. The van der Waals surface area contributed by atoms with E-state index in [1.54, 1.807) is 23.2 Å². The van der Waals surface area contributed by atoms with E-state index in [2.05, 4.69) is 25.2 Å². The molecule has 0 fully saturated rings. The van der Waals surface area contributed by atoms with Crippen molar-refractivity contribution in [3.05, 3.63) is 30.5 Å². The molecule has 0 saturated heterocycles. The van der Waals surface area contributed by atoms with Crippen molar-refractivity contribution in [3.63, 3.8) is 0 Å². The van der Waals surface area contributed by atoms with Gasteiger partial charge in [-0.05, 0) is 19.1 Å². The molecule has 0 atom stereocenters. The molecule has 0 aliphatic rings. The zero-order valence-electron chi connectivity index (χ0n) is 11.9. The van der Waals surface area contributed by atoms with E-state index in [9.17, 15) is 8.42 Å². The van der Waals surface area contributed by atoms with Gasteiger partial charge in [-0.2, -0.15) is 0 Å². The number of anilines is 1. The van der Waals surface area contributed by atoms with Crippen LogP contribution < -0.4 is 10.0 Å². The first-order chi connectivity index (χ1) is 10.0. The molecule has 2 aromatic rings. The van der Waals surface area contributed by atoms with Gasteiger partial charge in [0.15, 0.2) is 0 Å². The summed E-state index contributed by atoms with van der Waals surface area (Å²) in [6, 6.07) is 3.12. The molecule has 2 rings (SSSR count). The number of hydrogen-bond acceptors (Lipinski definition) is 6. The Balaban J connectivity index is 2.07. The molecule has 114 valence electrons. The Hall–Kier alpha value is -2.00. The molecule has 8 nitrogen and oxygen atoms in total. The lowest BCUT2D eigenvalue weighted by atomic mass is 10.4. The SMILES string of the molecule is CCNc1ncccc1S(=O)(=O)NCCc1nncn1C. The first-order valence-electron chi connectivity index (χ1n) is 6.56. The predicted octanol–water partition coefficient (Wildman–Crippen LogP) is 0.163. The molecular weight excluding hydrogens is 292 g/mol. The Bertz CT molecular complexity index is 697. The molecule has 0 aromatic carbocycles. The molecule has 0 amide bonds. The molecule has 2 N–H and O–H groups in total. The molecular formula is C12H18N6O2S. The molecule has 0 radical (unpaired) electrons. The molecule has 0 unspecified atom stereocenters. The second kappa shape index (κ2) is 6.64. The van der Waals surface area contributed by atoms with Crippen molar-refractivity contribution >= 4 is 15.8 Å². The van der Waals surface area contributed by atoms with Crippen LogP contribution in [0.25, 0.3) is 0 Å². The van der Waals surface area contributed by atoms with Crippen LogP contribution in [0.15, 0.2) is 29.6 Å². The molecule has 0 aliphatic heterocycles. The number of aryl methyl sites for hydroxylation is 1. The third kappa shape index (κ3) is 3.76. The molecule has 2 heterocycles. The largest absolute Gasteiger partial charge is 0.369 e. The molecule has 2 aromatic heterocycles. The fraction of sp³-hybridized carbons (Fsp3) is 0.417. The smallest absolute Gasteiger partial charge is 0.244 e. The zero-order valence-corrected chi connectivity index (χ0v) is 12.8. The van der Waals surface area contributed by atoms with Crippen molar-refractivity contribution in [3.8, 4) is 0 Å². The van der Waals surface area contributed by atoms with Crippen LogP contribution >= 0.6 is 0 Å². The normalized spacial score (nSPS) is 11.5. The van der Waals surface area contributed by atoms with Crippen LogP contribution in [0.1, 0.15) is 12.7 Å². The number of pyridine rings is 1. The standard InChI is InChI=1S/C12H18N6O2S/c1-3-13-12-10(5-4-7-14-12)21(19,20)16-8-6-11-17-15-9-18(11)2/h4-5,7,9,16H,3,6,8H2,1-2H3,(H,13,14). The average molecular weight is 310 g/mol. The Morgan fingerprint density at radius 1 is 1.38 bits per heavy atom. The highest BCUT2D eigenvalue weighted by Crippen LogP contribution is 2.17. The fourth-order valence-corrected chi connectivity index (χ4v) is 2.98. The van der Waals surface area contributed by atoms with Crippen molar-refractivity contribution in [1.29, 1.82) is 0 Å². The molecule has 0 saturated carbocycles. The predicted molar refractivity (Wildman–Crippen MR) is 78.3 cm³/mol. The minimum Gasteiger partial charge on any atom is -0.369 e. The van der Waals surface area contributed by atoms with E-state index in [0.717, 1.165) is 5.82 Å². The van der Waals surface area contributed by atoms with E-state index in [0.29, 0.717) is 18.8 Å². The van der Waals surface area contributed by atoms with E-state index in [-0.39, 0.29) is 11.4 Å². The van der Waals surface area contributed by atoms with Crippen LogP contribution in [0.5, 0.6) is 0 Å². The first-order valence-corrected chi connectivity index (χ1v) is 8.04. The van der Waals surface area contributed by atoms with Gasteiger partial charge in [0.1, 0.15) is 22.9 Å².